The molecule has 0 saturated carbocycles. The Balaban J connectivity index is 1.62. The summed E-state index contributed by atoms with van der Waals surface area (Å²) in [5, 5.41) is 0. The molecule has 1 aliphatic heterocycles. The fourth-order valence-electron chi connectivity index (χ4n) is 3.15. The van der Waals surface area contributed by atoms with E-state index < -0.39 is 0 Å². The minimum atomic E-state index is 0.814. The maximum atomic E-state index is 4.79. The number of imidazole rings is 1. The summed E-state index contributed by atoms with van der Waals surface area (Å²) in [6.45, 7) is 5.87. The Bertz CT molecular complexity index is 853. The monoisotopic (exact) mass is 319 g/mol. The lowest BCUT2D eigenvalue weighted by Crippen LogP contribution is -2.31. The van der Waals surface area contributed by atoms with Crippen LogP contribution in [0.25, 0.3) is 11.4 Å². The highest BCUT2D eigenvalue weighted by Crippen LogP contribution is 2.25. The third kappa shape index (κ3) is 2.77. The van der Waals surface area contributed by atoms with Gasteiger partial charge in [-0.25, -0.2) is 15.0 Å². The topological polar surface area (TPSA) is 57.7 Å². The quantitative estimate of drug-likeness (QED) is 0.805. The second-order valence-corrected chi connectivity index (χ2v) is 6.19. The van der Waals surface area contributed by atoms with Crippen LogP contribution in [0.15, 0.2) is 36.4 Å². The highest BCUT2D eigenvalue weighted by atomic mass is 15.2. The van der Waals surface area contributed by atoms with Gasteiger partial charge in [-0.3, -0.25) is 0 Å². The number of hydrogen-bond donors (Lipinski definition) is 1. The standard InChI is InChI=1S/C19H21N5/c1-3-17-20-13(2)11-18(23-17)24-10-9-15-16(12-24)22-19(21-15)14-7-5-4-6-8-14/h4-8,11H,3,9-10,12H2,1-2H3,(H,21,22). The molecule has 3 aromatic rings. The van der Waals surface area contributed by atoms with Crippen LogP contribution in [0.4, 0.5) is 5.82 Å². The highest BCUT2D eigenvalue weighted by Gasteiger charge is 2.22. The molecule has 5 nitrogen and oxygen atoms in total. The lowest BCUT2D eigenvalue weighted by molar-refractivity contribution is 0.695. The molecule has 2 aromatic heterocycles. The van der Waals surface area contributed by atoms with E-state index in [2.05, 4.69) is 40.0 Å². The van der Waals surface area contributed by atoms with Gasteiger partial charge in [0, 0.05) is 36.7 Å². The van der Waals surface area contributed by atoms with Crippen LogP contribution in [0.3, 0.4) is 0 Å². The van der Waals surface area contributed by atoms with Gasteiger partial charge >= 0.3 is 0 Å². The van der Waals surface area contributed by atoms with Gasteiger partial charge in [-0.1, -0.05) is 37.3 Å². The second kappa shape index (κ2) is 6.07. The molecule has 0 radical (unpaired) electrons. The summed E-state index contributed by atoms with van der Waals surface area (Å²) in [7, 11) is 0. The minimum absolute atomic E-state index is 0.814. The van der Waals surface area contributed by atoms with Gasteiger partial charge in [0.25, 0.3) is 0 Å². The number of benzene rings is 1. The first-order valence-electron chi connectivity index (χ1n) is 8.45. The number of hydrogen-bond acceptors (Lipinski definition) is 4. The molecule has 1 N–H and O–H groups in total. The van der Waals surface area contributed by atoms with Gasteiger partial charge in [-0.15, -0.1) is 0 Å². The lowest BCUT2D eigenvalue weighted by atomic mass is 10.1. The van der Waals surface area contributed by atoms with Crippen molar-refractivity contribution in [1.82, 2.24) is 19.9 Å². The van der Waals surface area contributed by atoms with Crippen molar-refractivity contribution in [2.24, 2.45) is 0 Å². The zero-order valence-corrected chi connectivity index (χ0v) is 14.1. The van der Waals surface area contributed by atoms with Gasteiger partial charge in [-0.2, -0.15) is 0 Å². The first-order valence-corrected chi connectivity index (χ1v) is 8.45. The molecule has 0 aliphatic carbocycles. The molecule has 122 valence electrons. The van der Waals surface area contributed by atoms with Crippen LogP contribution < -0.4 is 4.90 Å². The van der Waals surface area contributed by atoms with Crippen LogP contribution in [-0.4, -0.2) is 26.5 Å². The van der Waals surface area contributed by atoms with Gasteiger partial charge < -0.3 is 9.88 Å². The Labute approximate surface area is 141 Å². The van der Waals surface area contributed by atoms with E-state index >= 15 is 0 Å². The predicted octanol–water partition coefficient (Wildman–Crippen LogP) is 3.30. The van der Waals surface area contributed by atoms with E-state index in [0.717, 1.165) is 54.7 Å². The van der Waals surface area contributed by atoms with E-state index in [0.29, 0.717) is 0 Å². The molecular weight excluding hydrogens is 298 g/mol. The molecule has 3 heterocycles. The smallest absolute Gasteiger partial charge is 0.137 e. The molecule has 0 amide bonds. The molecule has 1 aromatic carbocycles. The molecule has 4 rings (SSSR count). The maximum Gasteiger partial charge on any atom is 0.137 e. The van der Waals surface area contributed by atoms with Crippen LogP contribution in [-0.2, 0) is 19.4 Å². The lowest BCUT2D eigenvalue weighted by Gasteiger charge is -2.27. The summed E-state index contributed by atoms with van der Waals surface area (Å²) >= 11 is 0. The Hall–Kier alpha value is -2.69. The Morgan fingerprint density at radius 1 is 1.12 bits per heavy atom. The van der Waals surface area contributed by atoms with E-state index in [4.69, 9.17) is 9.97 Å². The highest BCUT2D eigenvalue weighted by molar-refractivity contribution is 5.56. The molecule has 0 bridgehead atoms. The van der Waals surface area contributed by atoms with Crippen LogP contribution in [0.1, 0.15) is 29.8 Å². The number of aryl methyl sites for hydroxylation is 2. The van der Waals surface area contributed by atoms with Gasteiger partial charge in [0.1, 0.15) is 17.5 Å². The van der Waals surface area contributed by atoms with E-state index in [1.54, 1.807) is 0 Å². The fourth-order valence-corrected chi connectivity index (χ4v) is 3.15. The van der Waals surface area contributed by atoms with Crippen molar-refractivity contribution in [2.45, 2.75) is 33.2 Å². The van der Waals surface area contributed by atoms with Crippen molar-refractivity contribution in [1.29, 1.82) is 0 Å². The molecule has 0 saturated heterocycles. The normalized spacial score (nSPS) is 13.8. The third-order valence-corrected chi connectivity index (χ3v) is 4.41. The van der Waals surface area contributed by atoms with Crippen molar-refractivity contribution in [3.63, 3.8) is 0 Å². The van der Waals surface area contributed by atoms with Crippen molar-refractivity contribution in [3.05, 3.63) is 59.3 Å². The van der Waals surface area contributed by atoms with Crippen molar-refractivity contribution in [2.75, 3.05) is 11.4 Å². The molecule has 1 aliphatic rings. The van der Waals surface area contributed by atoms with E-state index in [1.165, 1.54) is 11.4 Å². The molecule has 0 atom stereocenters. The summed E-state index contributed by atoms with van der Waals surface area (Å²) in [6.07, 6.45) is 1.79. The molecule has 0 spiro atoms. The minimum Gasteiger partial charge on any atom is -0.350 e. The van der Waals surface area contributed by atoms with Crippen LogP contribution >= 0.6 is 0 Å². The number of nitrogens with zero attached hydrogens (tertiary/aromatic N) is 4. The predicted molar refractivity (Wildman–Crippen MR) is 94.9 cm³/mol. The first kappa shape index (κ1) is 14.9. The number of anilines is 1. The van der Waals surface area contributed by atoms with E-state index in [-0.39, 0.29) is 0 Å². The molecule has 5 heteroatoms. The van der Waals surface area contributed by atoms with Crippen molar-refractivity contribution in [3.8, 4) is 11.4 Å². The number of rotatable bonds is 3. The van der Waals surface area contributed by atoms with E-state index in [9.17, 15) is 0 Å². The number of aromatic amines is 1. The molecule has 24 heavy (non-hydrogen) atoms. The maximum absolute atomic E-state index is 4.79. The number of nitrogens with one attached hydrogen (secondary N) is 1. The van der Waals surface area contributed by atoms with Crippen LogP contribution in [0.5, 0.6) is 0 Å². The fraction of sp³-hybridized carbons (Fsp3) is 0.316. The SMILES string of the molecule is CCc1nc(C)cc(N2CCc3nc(-c4ccccc4)[nH]c3C2)n1. The first-order chi connectivity index (χ1) is 11.7. The van der Waals surface area contributed by atoms with E-state index in [1.807, 2.05) is 25.1 Å². The summed E-state index contributed by atoms with van der Waals surface area (Å²) in [5.41, 5.74) is 4.52. The van der Waals surface area contributed by atoms with Crippen molar-refractivity contribution >= 4 is 5.82 Å². The van der Waals surface area contributed by atoms with Gasteiger partial charge in [0.2, 0.25) is 0 Å². The van der Waals surface area contributed by atoms with Gasteiger partial charge in [0.15, 0.2) is 0 Å². The summed E-state index contributed by atoms with van der Waals surface area (Å²) in [4.78, 5) is 19.8. The average Bonchev–Trinajstić information content (AvgIpc) is 3.05. The summed E-state index contributed by atoms with van der Waals surface area (Å²) in [6, 6.07) is 12.3. The zero-order chi connectivity index (χ0) is 16.5. The van der Waals surface area contributed by atoms with Crippen LogP contribution in [0.2, 0.25) is 0 Å². The van der Waals surface area contributed by atoms with Gasteiger partial charge in [0.05, 0.1) is 17.9 Å². The molecule has 0 fully saturated rings. The number of aromatic nitrogens is 4. The Morgan fingerprint density at radius 2 is 1.96 bits per heavy atom. The molecular formula is C19H21N5. The van der Waals surface area contributed by atoms with Crippen molar-refractivity contribution < 1.29 is 0 Å². The largest absolute Gasteiger partial charge is 0.350 e. The zero-order valence-electron chi connectivity index (χ0n) is 14.1. The summed E-state index contributed by atoms with van der Waals surface area (Å²) in [5.74, 6) is 2.88. The average molecular weight is 319 g/mol. The second-order valence-electron chi connectivity index (χ2n) is 6.19. The number of fused-ring (bicyclic) bond motifs is 1. The molecule has 0 unspecified atom stereocenters. The number of H-pyrrole nitrogens is 1. The third-order valence-electron chi connectivity index (χ3n) is 4.41. The Morgan fingerprint density at radius 3 is 2.75 bits per heavy atom. The Kier molecular flexibility index (Phi) is 3.76. The van der Waals surface area contributed by atoms with Crippen LogP contribution in [0, 0.1) is 6.92 Å². The summed E-state index contributed by atoms with van der Waals surface area (Å²) < 4.78 is 0. The van der Waals surface area contributed by atoms with Gasteiger partial charge in [-0.05, 0) is 6.92 Å².